The van der Waals surface area contributed by atoms with Crippen LogP contribution in [0.15, 0.2) is 24.3 Å². The normalized spacial score (nSPS) is 49.2. The summed E-state index contributed by atoms with van der Waals surface area (Å²) in [5, 5.41) is 21.7. The van der Waals surface area contributed by atoms with Gasteiger partial charge >= 0.3 is 17.9 Å². The Balaban J connectivity index is 1.53. The third-order valence-electron chi connectivity index (χ3n) is 9.63. The van der Waals surface area contributed by atoms with Gasteiger partial charge < -0.3 is 33.9 Å². The van der Waals surface area contributed by atoms with Crippen molar-refractivity contribution in [2.45, 2.75) is 82.6 Å². The van der Waals surface area contributed by atoms with Crippen molar-refractivity contribution in [1.29, 1.82) is 0 Å². The van der Waals surface area contributed by atoms with Crippen LogP contribution in [0.3, 0.4) is 0 Å². The molecule has 2 spiro atoms. The van der Waals surface area contributed by atoms with E-state index in [0.29, 0.717) is 19.4 Å². The summed E-state index contributed by atoms with van der Waals surface area (Å²) in [7, 11) is 0. The SMILES string of the molecule is CC1CCOC(=O)C=C/C=C\C(=O)O[C@@H]2C[C@H]3O[C@@H]4C[C@@H](C)[C@@H](O)C[C@]4(COC(=O)C1O)[C@]2(C)C31CO1. The van der Waals surface area contributed by atoms with E-state index in [-0.39, 0.29) is 44.2 Å². The molecule has 10 heteroatoms. The molecule has 0 amide bonds. The van der Waals surface area contributed by atoms with Gasteiger partial charge in [-0.05, 0) is 31.1 Å². The van der Waals surface area contributed by atoms with Crippen molar-refractivity contribution in [2.24, 2.45) is 22.7 Å². The molecule has 0 radical (unpaired) electrons. The molecule has 2 aliphatic carbocycles. The monoisotopic (exact) mass is 520 g/mol. The number of carbonyl (C=O) groups excluding carboxylic acids is 3. The molecule has 10 atom stereocenters. The molecule has 4 fully saturated rings. The van der Waals surface area contributed by atoms with Gasteiger partial charge in [0, 0.05) is 24.0 Å². The van der Waals surface area contributed by atoms with Crippen LogP contribution in [0.4, 0.5) is 0 Å². The summed E-state index contributed by atoms with van der Waals surface area (Å²) < 4.78 is 29.5. The van der Waals surface area contributed by atoms with E-state index < -0.39 is 58.6 Å². The fraction of sp³-hybridized carbons (Fsp3) is 0.741. The summed E-state index contributed by atoms with van der Waals surface area (Å²) in [6.45, 7) is 5.92. The highest BCUT2D eigenvalue weighted by Crippen LogP contribution is 2.72. The van der Waals surface area contributed by atoms with Crippen LogP contribution in [-0.4, -0.2) is 84.1 Å². The fourth-order valence-corrected chi connectivity index (χ4v) is 7.04. The zero-order valence-electron chi connectivity index (χ0n) is 21.5. The lowest BCUT2D eigenvalue weighted by Crippen LogP contribution is -2.69. The minimum atomic E-state index is -1.42. The van der Waals surface area contributed by atoms with Gasteiger partial charge in [0.05, 0.1) is 36.9 Å². The minimum Gasteiger partial charge on any atom is -0.463 e. The molecule has 2 bridgehead atoms. The number of hydrogen-bond acceptors (Lipinski definition) is 10. The van der Waals surface area contributed by atoms with Crippen LogP contribution in [0.25, 0.3) is 0 Å². The van der Waals surface area contributed by atoms with Crippen molar-refractivity contribution in [1.82, 2.24) is 0 Å². The number of cyclic esters (lactones) is 2. The van der Waals surface area contributed by atoms with Crippen molar-refractivity contribution in [3.8, 4) is 0 Å². The summed E-state index contributed by atoms with van der Waals surface area (Å²) in [4.78, 5) is 37.7. The number of aliphatic hydroxyl groups excluding tert-OH is 2. The Morgan fingerprint density at radius 3 is 2.30 bits per heavy atom. The van der Waals surface area contributed by atoms with Crippen molar-refractivity contribution in [3.05, 3.63) is 24.3 Å². The molecule has 10 nitrogen and oxygen atoms in total. The molecule has 0 aromatic carbocycles. The van der Waals surface area contributed by atoms with Crippen LogP contribution in [0, 0.1) is 22.7 Å². The molecule has 37 heavy (non-hydrogen) atoms. The summed E-state index contributed by atoms with van der Waals surface area (Å²) in [6.07, 6.45) is 3.32. The maximum absolute atomic E-state index is 13.0. The standard InChI is InChI=1S/C27H36O10/c1-15-8-9-33-21(29)6-4-5-7-22(30)37-18-11-20-27(14-35-27)25(18,3)26(13-34-24(32)23(15)31)12-17(28)16(2)10-19(26)36-20/h4-7,15-20,23,28,31H,8-14H2,1-3H3/b6-4?,7-5-/t15?,16-,17+,18-,19-,20-,23?,25-,26-,27?/m1/s1. The van der Waals surface area contributed by atoms with Crippen molar-refractivity contribution < 1.29 is 48.3 Å². The Bertz CT molecular complexity index is 1000. The Morgan fingerprint density at radius 1 is 0.892 bits per heavy atom. The average Bonchev–Trinajstić information content (AvgIpc) is 3.63. The van der Waals surface area contributed by atoms with E-state index in [1.165, 1.54) is 24.3 Å². The lowest BCUT2D eigenvalue weighted by Gasteiger charge is -2.60. The van der Waals surface area contributed by atoms with Crippen LogP contribution >= 0.6 is 0 Å². The first-order valence-corrected chi connectivity index (χ1v) is 13.1. The van der Waals surface area contributed by atoms with Crippen LogP contribution in [0.2, 0.25) is 0 Å². The second kappa shape index (κ2) is 9.48. The second-order valence-corrected chi connectivity index (χ2v) is 11.5. The van der Waals surface area contributed by atoms with Crippen molar-refractivity contribution in [3.63, 3.8) is 0 Å². The molecular weight excluding hydrogens is 484 g/mol. The molecule has 5 rings (SSSR count). The highest BCUT2D eigenvalue weighted by Gasteiger charge is 2.83. The Morgan fingerprint density at radius 2 is 1.59 bits per heavy atom. The smallest absolute Gasteiger partial charge is 0.335 e. The number of ether oxygens (including phenoxy) is 5. The molecule has 2 saturated heterocycles. The number of esters is 3. The first-order chi connectivity index (χ1) is 17.5. The fourth-order valence-electron chi connectivity index (χ4n) is 7.04. The Kier molecular flexibility index (Phi) is 6.75. The Labute approximate surface area is 215 Å². The van der Waals surface area contributed by atoms with Gasteiger partial charge in [0.2, 0.25) is 0 Å². The topological polar surface area (TPSA) is 141 Å². The number of carbonyl (C=O) groups is 3. The van der Waals surface area contributed by atoms with Gasteiger partial charge in [-0.2, -0.15) is 0 Å². The quantitative estimate of drug-likeness (QED) is 0.272. The summed E-state index contributed by atoms with van der Waals surface area (Å²) in [5.74, 6) is -2.54. The summed E-state index contributed by atoms with van der Waals surface area (Å²) in [5.41, 5.74) is -2.45. The molecule has 2 saturated carbocycles. The third-order valence-corrected chi connectivity index (χ3v) is 9.63. The molecule has 3 heterocycles. The Hall–Kier alpha value is -2.27. The van der Waals surface area contributed by atoms with Gasteiger partial charge in [-0.3, -0.25) is 0 Å². The van der Waals surface area contributed by atoms with Crippen molar-refractivity contribution >= 4 is 17.9 Å². The molecule has 0 aromatic heterocycles. The lowest BCUT2D eigenvalue weighted by atomic mass is 9.49. The average molecular weight is 521 g/mol. The molecule has 204 valence electrons. The zero-order valence-corrected chi connectivity index (χ0v) is 21.5. The predicted molar refractivity (Wildman–Crippen MR) is 127 cm³/mol. The van der Waals surface area contributed by atoms with E-state index in [1.807, 2.05) is 13.8 Å². The van der Waals surface area contributed by atoms with Gasteiger partial charge in [0.1, 0.15) is 18.3 Å². The zero-order chi connectivity index (χ0) is 26.6. The van der Waals surface area contributed by atoms with E-state index in [2.05, 4.69) is 0 Å². The van der Waals surface area contributed by atoms with Crippen LogP contribution in [-0.2, 0) is 38.1 Å². The lowest BCUT2D eigenvalue weighted by molar-refractivity contribution is -0.269. The summed E-state index contributed by atoms with van der Waals surface area (Å²) >= 11 is 0. The predicted octanol–water partition coefficient (Wildman–Crippen LogP) is 1.22. The number of rotatable bonds is 0. The highest BCUT2D eigenvalue weighted by atomic mass is 16.6. The number of aliphatic hydroxyl groups is 2. The van der Waals surface area contributed by atoms with Crippen LogP contribution in [0.1, 0.15) is 46.5 Å². The van der Waals surface area contributed by atoms with Crippen molar-refractivity contribution in [2.75, 3.05) is 19.8 Å². The molecular formula is C27H36O10. The maximum Gasteiger partial charge on any atom is 0.335 e. The van der Waals surface area contributed by atoms with Crippen LogP contribution in [0.5, 0.6) is 0 Å². The first-order valence-electron chi connectivity index (χ1n) is 13.1. The van der Waals surface area contributed by atoms with Gasteiger partial charge in [-0.25, -0.2) is 14.4 Å². The van der Waals surface area contributed by atoms with E-state index in [4.69, 9.17) is 23.7 Å². The summed E-state index contributed by atoms with van der Waals surface area (Å²) in [6, 6.07) is 0. The maximum atomic E-state index is 13.0. The molecule has 5 aliphatic rings. The number of hydrogen-bond donors (Lipinski definition) is 2. The largest absolute Gasteiger partial charge is 0.463 e. The number of allylic oxidation sites excluding steroid dienone is 2. The number of epoxide rings is 1. The van der Waals surface area contributed by atoms with Crippen LogP contribution < -0.4 is 0 Å². The molecule has 3 unspecified atom stereocenters. The van der Waals surface area contributed by atoms with Gasteiger partial charge in [0.25, 0.3) is 0 Å². The highest BCUT2D eigenvalue weighted by molar-refractivity contribution is 5.84. The third kappa shape index (κ3) is 4.13. The van der Waals surface area contributed by atoms with Gasteiger partial charge in [0.15, 0.2) is 6.10 Å². The first kappa shape index (κ1) is 26.3. The van der Waals surface area contributed by atoms with E-state index in [0.717, 1.165) is 0 Å². The van der Waals surface area contributed by atoms with E-state index in [9.17, 15) is 24.6 Å². The van der Waals surface area contributed by atoms with Gasteiger partial charge in [-0.15, -0.1) is 0 Å². The molecule has 3 aliphatic heterocycles. The molecule has 0 aromatic rings. The van der Waals surface area contributed by atoms with E-state index >= 15 is 0 Å². The molecule has 2 N–H and O–H groups in total. The minimum absolute atomic E-state index is 0.00532. The van der Waals surface area contributed by atoms with E-state index in [1.54, 1.807) is 6.92 Å². The second-order valence-electron chi connectivity index (χ2n) is 11.5. The van der Waals surface area contributed by atoms with Gasteiger partial charge in [-0.1, -0.05) is 32.9 Å².